The highest BCUT2D eigenvalue weighted by molar-refractivity contribution is 4.89. The van der Waals surface area contributed by atoms with Crippen LogP contribution in [0.5, 0.6) is 0 Å². The molecule has 0 bridgehead atoms. The summed E-state index contributed by atoms with van der Waals surface area (Å²) in [6, 6.07) is 0. The molecule has 0 aromatic carbocycles. The van der Waals surface area contributed by atoms with Crippen LogP contribution in [-0.4, -0.2) is 43.2 Å². The van der Waals surface area contributed by atoms with Gasteiger partial charge in [-0.15, -0.1) is 0 Å². The first-order chi connectivity index (χ1) is 9.23. The molecule has 1 aliphatic heterocycles. The first-order valence-electron chi connectivity index (χ1n) is 5.37. The fraction of sp³-hybridized carbons (Fsp3) is 1.00. The monoisotopic (exact) mass is 338 g/mol. The van der Waals surface area contributed by atoms with Crippen LogP contribution in [0.4, 0.5) is 43.9 Å². The van der Waals surface area contributed by atoms with Crippen molar-refractivity contribution in [3.05, 3.63) is 0 Å². The number of alkyl halides is 10. The minimum absolute atomic E-state index is 0.0160. The summed E-state index contributed by atoms with van der Waals surface area (Å²) in [4.78, 5) is 0. The van der Waals surface area contributed by atoms with Crippen molar-refractivity contribution < 1.29 is 53.4 Å². The van der Waals surface area contributed by atoms with Gasteiger partial charge in [0.05, 0.1) is 0 Å². The Morgan fingerprint density at radius 2 is 1.48 bits per heavy atom. The molecule has 126 valence electrons. The van der Waals surface area contributed by atoms with Gasteiger partial charge in [-0.3, -0.25) is 4.74 Å². The molecule has 0 amide bonds. The number of hydrogen-bond donors (Lipinski definition) is 0. The molecule has 0 aliphatic carbocycles. The highest BCUT2D eigenvalue weighted by Gasteiger charge is 2.76. The Hall–Kier alpha value is -0.780. The van der Waals surface area contributed by atoms with Crippen molar-refractivity contribution in [2.75, 3.05) is 6.61 Å². The van der Waals surface area contributed by atoms with E-state index in [0.717, 1.165) is 0 Å². The Bertz CT molecular complexity index is 360. The van der Waals surface area contributed by atoms with Crippen molar-refractivity contribution in [3.8, 4) is 0 Å². The summed E-state index contributed by atoms with van der Waals surface area (Å²) in [5, 5.41) is 0. The van der Waals surface area contributed by atoms with E-state index < -0.39 is 43.0 Å². The third-order valence-corrected chi connectivity index (χ3v) is 2.63. The zero-order chi connectivity index (χ0) is 16.7. The Kier molecular flexibility index (Phi) is 4.74. The Morgan fingerprint density at radius 3 is 1.86 bits per heavy atom. The van der Waals surface area contributed by atoms with Crippen molar-refractivity contribution in [2.24, 2.45) is 0 Å². The smallest absolute Gasteiger partial charge is 0.372 e. The molecule has 12 heteroatoms. The van der Waals surface area contributed by atoms with Gasteiger partial charge in [0.25, 0.3) is 6.36 Å². The van der Waals surface area contributed by atoms with Gasteiger partial charge in [0.1, 0.15) is 6.10 Å². The lowest BCUT2D eigenvalue weighted by Crippen LogP contribution is -2.57. The van der Waals surface area contributed by atoms with Crippen LogP contribution >= 0.6 is 0 Å². The van der Waals surface area contributed by atoms with Crippen LogP contribution in [-0.2, 0) is 9.47 Å². The molecule has 1 saturated heterocycles. The fourth-order valence-electron chi connectivity index (χ4n) is 1.47. The molecule has 1 heterocycles. The topological polar surface area (TPSA) is 18.5 Å². The van der Waals surface area contributed by atoms with Crippen LogP contribution in [0.15, 0.2) is 0 Å². The average molecular weight is 338 g/mol. The van der Waals surface area contributed by atoms with E-state index in [9.17, 15) is 43.9 Å². The molecule has 0 radical (unpaired) electrons. The van der Waals surface area contributed by atoms with Gasteiger partial charge in [-0.25, -0.2) is 4.39 Å². The van der Waals surface area contributed by atoms with Gasteiger partial charge < -0.3 is 4.74 Å². The van der Waals surface area contributed by atoms with Gasteiger partial charge in [-0.05, 0) is 12.8 Å². The Labute approximate surface area is 111 Å². The van der Waals surface area contributed by atoms with E-state index >= 15 is 0 Å². The van der Waals surface area contributed by atoms with Crippen molar-refractivity contribution >= 4 is 0 Å². The van der Waals surface area contributed by atoms with E-state index in [0.29, 0.717) is 0 Å². The third-order valence-electron chi connectivity index (χ3n) is 2.63. The lowest BCUT2D eigenvalue weighted by Gasteiger charge is -2.32. The number of ether oxygens (including phenoxy) is 2. The minimum atomic E-state index is -6.84. The quantitative estimate of drug-likeness (QED) is 0.708. The highest BCUT2D eigenvalue weighted by Crippen LogP contribution is 2.49. The van der Waals surface area contributed by atoms with E-state index in [4.69, 9.17) is 0 Å². The third kappa shape index (κ3) is 3.35. The number of hydrogen-bond acceptors (Lipinski definition) is 2. The lowest BCUT2D eigenvalue weighted by atomic mass is 10.1. The molecular weight excluding hydrogens is 330 g/mol. The van der Waals surface area contributed by atoms with Crippen LogP contribution in [0.1, 0.15) is 12.8 Å². The van der Waals surface area contributed by atoms with Crippen molar-refractivity contribution in [2.45, 2.75) is 49.4 Å². The summed E-state index contributed by atoms with van der Waals surface area (Å²) < 4.78 is 132. The summed E-state index contributed by atoms with van der Waals surface area (Å²) in [5.41, 5.74) is 0. The SMILES string of the molecule is FC(OC(F)(F)C(F)(F)C(F)(F)F)C(F)(F)C1CCCO1. The number of halogens is 10. The molecule has 0 aromatic rings. The van der Waals surface area contributed by atoms with E-state index in [1.165, 1.54) is 0 Å². The van der Waals surface area contributed by atoms with E-state index in [2.05, 4.69) is 9.47 Å². The van der Waals surface area contributed by atoms with Crippen molar-refractivity contribution in [3.63, 3.8) is 0 Å². The molecular formula is C9H8F10O2. The predicted octanol–water partition coefficient (Wildman–Crippen LogP) is 3.90. The molecule has 1 fully saturated rings. The summed E-state index contributed by atoms with van der Waals surface area (Å²) in [6.07, 6.45) is -20.4. The highest BCUT2D eigenvalue weighted by atomic mass is 19.4. The summed E-state index contributed by atoms with van der Waals surface area (Å²) in [7, 11) is 0. The van der Waals surface area contributed by atoms with E-state index in [1.54, 1.807) is 0 Å². The van der Waals surface area contributed by atoms with Gasteiger partial charge >= 0.3 is 24.1 Å². The largest absolute Gasteiger partial charge is 0.462 e. The second kappa shape index (κ2) is 5.45. The van der Waals surface area contributed by atoms with Gasteiger partial charge in [0.2, 0.25) is 0 Å². The van der Waals surface area contributed by atoms with Gasteiger partial charge in [-0.2, -0.15) is 39.5 Å². The van der Waals surface area contributed by atoms with Gasteiger partial charge in [-0.1, -0.05) is 0 Å². The lowest BCUT2D eigenvalue weighted by molar-refractivity contribution is -0.452. The van der Waals surface area contributed by atoms with Gasteiger partial charge in [0.15, 0.2) is 0 Å². The van der Waals surface area contributed by atoms with Crippen LogP contribution in [0.2, 0.25) is 0 Å². The standard InChI is InChI=1S/C9H8F10O2/c10-5(6(11,12)4-2-1-3-20-4)21-9(18,19)7(13,14)8(15,16)17/h4-5H,1-3H2. The molecule has 0 N–H and O–H groups in total. The van der Waals surface area contributed by atoms with Crippen molar-refractivity contribution in [1.29, 1.82) is 0 Å². The fourth-order valence-corrected chi connectivity index (χ4v) is 1.47. The number of rotatable bonds is 5. The second-order valence-electron chi connectivity index (χ2n) is 4.20. The van der Waals surface area contributed by atoms with Crippen LogP contribution in [0, 0.1) is 0 Å². The first-order valence-corrected chi connectivity index (χ1v) is 5.37. The van der Waals surface area contributed by atoms with E-state index in [-0.39, 0.29) is 13.0 Å². The Morgan fingerprint density at radius 1 is 0.952 bits per heavy atom. The molecule has 0 saturated carbocycles. The zero-order valence-corrected chi connectivity index (χ0v) is 9.87. The summed E-state index contributed by atoms with van der Waals surface area (Å²) in [5.74, 6) is -11.6. The molecule has 1 rings (SSSR count). The molecule has 2 nitrogen and oxygen atoms in total. The molecule has 1 aliphatic rings. The van der Waals surface area contributed by atoms with E-state index in [1.807, 2.05) is 0 Å². The normalized spacial score (nSPS) is 23.4. The minimum Gasteiger partial charge on any atom is -0.372 e. The summed E-state index contributed by atoms with van der Waals surface area (Å²) in [6.45, 7) is -0.262. The second-order valence-corrected chi connectivity index (χ2v) is 4.20. The average Bonchev–Trinajstić information content (AvgIpc) is 2.80. The van der Waals surface area contributed by atoms with Crippen LogP contribution in [0.25, 0.3) is 0 Å². The first kappa shape index (κ1) is 18.3. The molecule has 2 unspecified atom stereocenters. The van der Waals surface area contributed by atoms with Gasteiger partial charge in [0, 0.05) is 6.61 Å². The van der Waals surface area contributed by atoms with Crippen LogP contribution < -0.4 is 0 Å². The Balaban J connectivity index is 2.87. The maximum absolute atomic E-state index is 13.3. The molecule has 0 aromatic heterocycles. The maximum atomic E-state index is 13.3. The molecule has 2 atom stereocenters. The zero-order valence-electron chi connectivity index (χ0n) is 9.87. The van der Waals surface area contributed by atoms with Crippen molar-refractivity contribution in [1.82, 2.24) is 0 Å². The maximum Gasteiger partial charge on any atom is 0.462 e. The summed E-state index contributed by atoms with van der Waals surface area (Å²) >= 11 is 0. The predicted molar refractivity (Wildman–Crippen MR) is 45.9 cm³/mol. The molecule has 21 heavy (non-hydrogen) atoms. The molecule has 0 spiro atoms. The van der Waals surface area contributed by atoms with Crippen LogP contribution in [0.3, 0.4) is 0 Å².